The Bertz CT molecular complexity index is 437. The van der Waals surface area contributed by atoms with Gasteiger partial charge in [0.15, 0.2) is 11.6 Å². The van der Waals surface area contributed by atoms with E-state index in [0.717, 1.165) is 5.56 Å². The van der Waals surface area contributed by atoms with Crippen LogP contribution in [0.25, 0.3) is 0 Å². The third-order valence-corrected chi connectivity index (χ3v) is 2.91. The van der Waals surface area contributed by atoms with E-state index in [2.05, 4.69) is 5.32 Å². The average molecular weight is 238 g/mol. The Morgan fingerprint density at radius 3 is 2.94 bits per heavy atom. The third kappa shape index (κ3) is 2.10. The molecule has 0 radical (unpaired) electrons. The van der Waals surface area contributed by atoms with Crippen LogP contribution in [-0.2, 0) is 4.79 Å². The first-order chi connectivity index (χ1) is 8.17. The van der Waals surface area contributed by atoms with Gasteiger partial charge in [0.25, 0.3) is 0 Å². The molecule has 1 aliphatic rings. The summed E-state index contributed by atoms with van der Waals surface area (Å²) in [6.45, 7) is 2.80. The number of amides is 1. The second-order valence-electron chi connectivity index (χ2n) is 3.86. The summed E-state index contributed by atoms with van der Waals surface area (Å²) in [4.78, 5) is 13.2. The molecule has 1 aliphatic heterocycles. The van der Waals surface area contributed by atoms with Gasteiger partial charge in [-0.2, -0.15) is 0 Å². The average Bonchev–Trinajstić information content (AvgIpc) is 2.70. The predicted octanol–water partition coefficient (Wildman–Crippen LogP) is 1.28. The molecule has 1 atom stereocenters. The van der Waals surface area contributed by atoms with Gasteiger partial charge in [0.05, 0.1) is 13.7 Å². The highest BCUT2D eigenvalue weighted by atomic mass is 19.1. The Morgan fingerprint density at radius 1 is 1.59 bits per heavy atom. The fourth-order valence-electron chi connectivity index (χ4n) is 2.05. The number of halogens is 1. The van der Waals surface area contributed by atoms with Crippen LogP contribution in [0.15, 0.2) is 18.2 Å². The number of carbonyl (C=O) groups excluding carboxylic acids is 1. The number of likely N-dealkylation sites (N-methyl/N-ethyl adjacent to an activating group) is 1. The molecule has 92 valence electrons. The molecule has 1 aromatic carbocycles. The van der Waals surface area contributed by atoms with E-state index < -0.39 is 5.82 Å². The van der Waals surface area contributed by atoms with Crippen LogP contribution >= 0.6 is 0 Å². The monoisotopic (exact) mass is 238 g/mol. The van der Waals surface area contributed by atoms with Gasteiger partial charge in [-0.3, -0.25) is 10.1 Å². The first kappa shape index (κ1) is 11.9. The number of methoxy groups -OCH3 is 1. The van der Waals surface area contributed by atoms with Gasteiger partial charge in [-0.1, -0.05) is 6.07 Å². The van der Waals surface area contributed by atoms with E-state index in [9.17, 15) is 9.18 Å². The molecule has 1 N–H and O–H groups in total. The summed E-state index contributed by atoms with van der Waals surface area (Å²) in [5, 5.41) is 3.06. The van der Waals surface area contributed by atoms with E-state index in [0.29, 0.717) is 13.1 Å². The molecule has 2 rings (SSSR count). The number of rotatable bonds is 3. The van der Waals surface area contributed by atoms with Gasteiger partial charge in [0.2, 0.25) is 5.91 Å². The third-order valence-electron chi connectivity index (χ3n) is 2.91. The fourth-order valence-corrected chi connectivity index (χ4v) is 2.05. The lowest BCUT2D eigenvalue weighted by molar-refractivity contribution is -0.127. The van der Waals surface area contributed by atoms with Gasteiger partial charge >= 0.3 is 0 Å². The Morgan fingerprint density at radius 2 is 2.35 bits per heavy atom. The molecule has 17 heavy (non-hydrogen) atoms. The minimum Gasteiger partial charge on any atom is -0.494 e. The zero-order valence-electron chi connectivity index (χ0n) is 9.87. The fraction of sp³-hybridized carbons (Fsp3) is 0.417. The molecular formula is C12H15FN2O2. The van der Waals surface area contributed by atoms with Gasteiger partial charge in [0, 0.05) is 6.54 Å². The van der Waals surface area contributed by atoms with E-state index in [-0.39, 0.29) is 17.8 Å². The Labute approximate surface area is 99.4 Å². The smallest absolute Gasteiger partial charge is 0.238 e. The zero-order valence-corrected chi connectivity index (χ0v) is 9.87. The number of carbonyl (C=O) groups is 1. The van der Waals surface area contributed by atoms with Crippen molar-refractivity contribution in [3.05, 3.63) is 29.6 Å². The number of benzene rings is 1. The Kier molecular flexibility index (Phi) is 3.28. The normalized spacial score (nSPS) is 19.8. The molecule has 1 saturated heterocycles. The first-order valence-corrected chi connectivity index (χ1v) is 5.53. The van der Waals surface area contributed by atoms with Crippen LogP contribution in [0.3, 0.4) is 0 Å². The van der Waals surface area contributed by atoms with Crippen molar-refractivity contribution in [2.45, 2.75) is 13.1 Å². The highest BCUT2D eigenvalue weighted by Crippen LogP contribution is 2.26. The number of nitrogens with zero attached hydrogens (tertiary/aromatic N) is 1. The van der Waals surface area contributed by atoms with Crippen LogP contribution in [-0.4, -0.2) is 31.0 Å². The van der Waals surface area contributed by atoms with Crippen LogP contribution in [0, 0.1) is 5.82 Å². The van der Waals surface area contributed by atoms with Crippen molar-refractivity contribution in [2.75, 3.05) is 20.2 Å². The van der Waals surface area contributed by atoms with Crippen molar-refractivity contribution >= 4 is 5.91 Å². The molecule has 1 heterocycles. The number of ether oxygens (including phenoxy) is 1. The summed E-state index contributed by atoms with van der Waals surface area (Å²) in [6.07, 6.45) is -0.243. The zero-order chi connectivity index (χ0) is 12.4. The summed E-state index contributed by atoms with van der Waals surface area (Å²) < 4.78 is 18.4. The van der Waals surface area contributed by atoms with E-state index in [1.165, 1.54) is 13.2 Å². The number of hydrogen-bond donors (Lipinski definition) is 1. The molecule has 0 aliphatic carbocycles. The topological polar surface area (TPSA) is 41.6 Å². The van der Waals surface area contributed by atoms with Crippen molar-refractivity contribution < 1.29 is 13.9 Å². The predicted molar refractivity (Wildman–Crippen MR) is 61.1 cm³/mol. The summed E-state index contributed by atoms with van der Waals surface area (Å²) in [6, 6.07) is 4.74. The second kappa shape index (κ2) is 4.71. The molecule has 1 fully saturated rings. The molecule has 0 spiro atoms. The minimum atomic E-state index is -0.415. The van der Waals surface area contributed by atoms with Gasteiger partial charge in [-0.15, -0.1) is 0 Å². The minimum absolute atomic E-state index is 0.0359. The van der Waals surface area contributed by atoms with Crippen molar-refractivity contribution in [1.29, 1.82) is 0 Å². The van der Waals surface area contributed by atoms with Gasteiger partial charge in [0.1, 0.15) is 6.17 Å². The van der Waals surface area contributed by atoms with Crippen LogP contribution in [0.5, 0.6) is 5.75 Å². The summed E-state index contributed by atoms with van der Waals surface area (Å²) in [5.74, 6) is -0.169. The molecule has 1 unspecified atom stereocenters. The molecular weight excluding hydrogens is 223 g/mol. The lowest BCUT2D eigenvalue weighted by Gasteiger charge is -2.23. The van der Waals surface area contributed by atoms with Crippen molar-refractivity contribution in [3.63, 3.8) is 0 Å². The molecule has 5 heteroatoms. The standard InChI is InChI=1S/C12H15FN2O2/c1-3-15-11(16)7-14-12(15)8-4-5-10(17-2)9(13)6-8/h4-6,12,14H,3,7H2,1-2H3. The molecule has 4 nitrogen and oxygen atoms in total. The van der Waals surface area contributed by atoms with Crippen LogP contribution in [0.4, 0.5) is 4.39 Å². The van der Waals surface area contributed by atoms with Crippen molar-refractivity contribution in [3.8, 4) is 5.75 Å². The second-order valence-corrected chi connectivity index (χ2v) is 3.86. The Hall–Kier alpha value is -1.62. The summed E-state index contributed by atoms with van der Waals surface area (Å²) >= 11 is 0. The summed E-state index contributed by atoms with van der Waals surface area (Å²) in [5.41, 5.74) is 0.732. The SMILES string of the molecule is CCN1C(=O)CNC1c1ccc(OC)c(F)c1. The van der Waals surface area contributed by atoms with Gasteiger partial charge < -0.3 is 9.64 Å². The first-order valence-electron chi connectivity index (χ1n) is 5.53. The highest BCUT2D eigenvalue weighted by Gasteiger charge is 2.30. The van der Waals surface area contributed by atoms with E-state index in [1.807, 2.05) is 6.92 Å². The van der Waals surface area contributed by atoms with Crippen molar-refractivity contribution in [1.82, 2.24) is 10.2 Å². The lowest BCUT2D eigenvalue weighted by atomic mass is 10.1. The van der Waals surface area contributed by atoms with Crippen LogP contribution < -0.4 is 10.1 Å². The van der Waals surface area contributed by atoms with Gasteiger partial charge in [-0.25, -0.2) is 4.39 Å². The molecule has 1 amide bonds. The maximum absolute atomic E-state index is 13.6. The van der Waals surface area contributed by atoms with Crippen LogP contribution in [0.2, 0.25) is 0 Å². The van der Waals surface area contributed by atoms with E-state index in [4.69, 9.17) is 4.74 Å². The maximum atomic E-state index is 13.6. The molecule has 0 aromatic heterocycles. The lowest BCUT2D eigenvalue weighted by Crippen LogP contribution is -2.29. The number of hydrogen-bond acceptors (Lipinski definition) is 3. The highest BCUT2D eigenvalue weighted by molar-refractivity contribution is 5.80. The largest absolute Gasteiger partial charge is 0.494 e. The summed E-state index contributed by atoms with van der Waals surface area (Å²) in [7, 11) is 1.42. The molecule has 0 saturated carbocycles. The number of nitrogens with one attached hydrogen (secondary N) is 1. The van der Waals surface area contributed by atoms with E-state index >= 15 is 0 Å². The Balaban J connectivity index is 2.28. The van der Waals surface area contributed by atoms with Gasteiger partial charge in [-0.05, 0) is 24.6 Å². The van der Waals surface area contributed by atoms with Crippen molar-refractivity contribution in [2.24, 2.45) is 0 Å². The molecule has 1 aromatic rings. The quantitative estimate of drug-likeness (QED) is 0.862. The molecule has 0 bridgehead atoms. The van der Waals surface area contributed by atoms with E-state index in [1.54, 1.807) is 17.0 Å². The maximum Gasteiger partial charge on any atom is 0.238 e. The van der Waals surface area contributed by atoms with Crippen LogP contribution in [0.1, 0.15) is 18.7 Å².